The Bertz CT molecular complexity index is 1160. The lowest BCUT2D eigenvalue weighted by Gasteiger charge is -2.33. The van der Waals surface area contributed by atoms with Crippen LogP contribution in [0, 0.1) is 5.92 Å². The monoisotopic (exact) mass is 614 g/mol. The van der Waals surface area contributed by atoms with Crippen molar-refractivity contribution in [3.63, 3.8) is 0 Å². The van der Waals surface area contributed by atoms with Gasteiger partial charge in [-0.05, 0) is 57.1 Å². The highest BCUT2D eigenvalue weighted by Gasteiger charge is 2.34. The maximum absolute atomic E-state index is 13.8. The fraction of sp³-hybridized carbons (Fsp3) is 0.545. The third kappa shape index (κ3) is 13.3. The van der Waals surface area contributed by atoms with Gasteiger partial charge in [0.25, 0.3) is 0 Å². The molecule has 0 fully saturated rings. The summed E-state index contributed by atoms with van der Waals surface area (Å²) in [6.07, 6.45) is -2.23. The molecule has 5 atom stereocenters. The van der Waals surface area contributed by atoms with Crippen LogP contribution >= 0.6 is 0 Å². The summed E-state index contributed by atoms with van der Waals surface area (Å²) >= 11 is 0. The van der Waals surface area contributed by atoms with Gasteiger partial charge in [0, 0.05) is 7.05 Å². The van der Waals surface area contributed by atoms with E-state index in [1.54, 1.807) is 20.8 Å². The number of likely N-dealkylation sites (N-methyl/N-ethyl adjacent to an activating group) is 1. The molecule has 6 N–H and O–H groups in total. The number of hydrogen-bond acceptors (Lipinski definition) is 7. The van der Waals surface area contributed by atoms with Crippen LogP contribution in [0.2, 0.25) is 0 Å². The average molecular weight is 615 g/mol. The highest BCUT2D eigenvalue weighted by Crippen LogP contribution is 2.16. The van der Waals surface area contributed by atoms with E-state index < -0.39 is 60.6 Å². The molecule has 0 saturated carbocycles. The lowest BCUT2D eigenvalue weighted by atomic mass is 9.92. The molecule has 244 valence electrons. The molecule has 0 radical (unpaired) electrons. The summed E-state index contributed by atoms with van der Waals surface area (Å²) in [5.41, 5.74) is 0.970. The Balaban J connectivity index is 2.37. The summed E-state index contributed by atoms with van der Waals surface area (Å²) in [5, 5.41) is 39.2. The molecule has 0 aliphatic rings. The van der Waals surface area contributed by atoms with Crippen LogP contribution in [0.1, 0.15) is 52.2 Å². The molecule has 4 amide bonds. The van der Waals surface area contributed by atoms with Crippen LogP contribution in [0.5, 0.6) is 0 Å². The van der Waals surface area contributed by atoms with Gasteiger partial charge in [0.05, 0.1) is 37.4 Å². The van der Waals surface area contributed by atoms with Gasteiger partial charge < -0.3 is 40.9 Å². The molecule has 11 heteroatoms. The molecule has 0 bridgehead atoms. The molecule has 0 heterocycles. The first kappa shape index (κ1) is 36.5. The van der Waals surface area contributed by atoms with Crippen LogP contribution in [-0.2, 0) is 22.4 Å². The van der Waals surface area contributed by atoms with E-state index in [0.717, 1.165) is 11.1 Å². The van der Waals surface area contributed by atoms with Crippen molar-refractivity contribution in [1.29, 1.82) is 0 Å². The first-order valence-corrected chi connectivity index (χ1v) is 15.0. The van der Waals surface area contributed by atoms with E-state index >= 15 is 0 Å². The minimum absolute atomic E-state index is 0.0385. The second-order valence-corrected chi connectivity index (χ2v) is 12.6. The van der Waals surface area contributed by atoms with Crippen molar-refractivity contribution < 1.29 is 34.4 Å². The van der Waals surface area contributed by atoms with Gasteiger partial charge in [0.1, 0.15) is 11.6 Å². The molecule has 11 nitrogen and oxygen atoms in total. The number of aliphatic hydroxyl groups excluding tert-OH is 3. The largest absolute Gasteiger partial charge is 0.444 e. The Morgan fingerprint density at radius 2 is 1.34 bits per heavy atom. The summed E-state index contributed by atoms with van der Waals surface area (Å²) in [5.74, 6) is -0.463. The van der Waals surface area contributed by atoms with Crippen LogP contribution in [0.3, 0.4) is 0 Å². The Hall–Kier alpha value is -3.67. The van der Waals surface area contributed by atoms with E-state index in [0.29, 0.717) is 6.42 Å². The zero-order chi connectivity index (χ0) is 32.9. The van der Waals surface area contributed by atoms with Gasteiger partial charge in [-0.3, -0.25) is 4.79 Å². The zero-order valence-electron chi connectivity index (χ0n) is 26.7. The molecule has 44 heavy (non-hydrogen) atoms. The minimum Gasteiger partial charge on any atom is -0.444 e. The summed E-state index contributed by atoms with van der Waals surface area (Å²) in [4.78, 5) is 40.7. The number of nitrogens with one attached hydrogen (secondary N) is 3. The molecule has 0 aliphatic carbocycles. The molecular weight excluding hydrogens is 564 g/mol. The number of benzene rings is 2. The molecule has 0 saturated heterocycles. The molecule has 2 aromatic rings. The Labute approximate surface area is 261 Å². The van der Waals surface area contributed by atoms with Crippen molar-refractivity contribution in [1.82, 2.24) is 20.9 Å². The molecule has 0 aliphatic heterocycles. The Morgan fingerprint density at radius 3 is 1.80 bits per heavy atom. The van der Waals surface area contributed by atoms with Crippen LogP contribution < -0.4 is 16.0 Å². The second-order valence-electron chi connectivity index (χ2n) is 12.6. The van der Waals surface area contributed by atoms with Gasteiger partial charge in [0.15, 0.2) is 0 Å². The minimum atomic E-state index is -1.25. The van der Waals surface area contributed by atoms with Crippen LogP contribution in [0.15, 0.2) is 60.7 Å². The van der Waals surface area contributed by atoms with E-state index in [1.807, 2.05) is 74.5 Å². The van der Waals surface area contributed by atoms with E-state index in [9.17, 15) is 24.6 Å². The van der Waals surface area contributed by atoms with Crippen molar-refractivity contribution in [2.24, 2.45) is 5.92 Å². The smallest absolute Gasteiger partial charge is 0.407 e. The number of aliphatic hydroxyl groups is 3. The SMILES string of the molecule is CC(C)C[C@H](NC(=O)N(C)CC(O)CO)C(=O)NC(Cc1ccccc1)C(O)C(Cc1ccccc1)NC(=O)OC(C)(C)C. The standard InChI is InChI=1S/C33H50N4O7/c1-22(2)17-28(35-31(42)37(6)20-25(39)21-38)30(41)34-26(18-23-13-9-7-10-14-23)29(40)27(19-24-15-11-8-12-16-24)36-32(43)44-33(3,4)5/h7-16,22,25-29,38-40H,17-21H2,1-6H3,(H,34,41)(H,35,42)(H,36,43)/t25?,26?,27?,28-,29?/m0/s1. The first-order chi connectivity index (χ1) is 20.7. The fourth-order valence-corrected chi connectivity index (χ4v) is 4.69. The number of ether oxygens (including phenoxy) is 1. The molecular formula is C33H50N4O7. The van der Waals surface area contributed by atoms with Gasteiger partial charge in [-0.25, -0.2) is 9.59 Å². The number of alkyl carbamates (subject to hydrolysis) is 1. The first-order valence-electron chi connectivity index (χ1n) is 15.0. The Kier molecular flexibility index (Phi) is 14.6. The zero-order valence-corrected chi connectivity index (χ0v) is 26.7. The maximum atomic E-state index is 13.8. The lowest BCUT2D eigenvalue weighted by Crippen LogP contribution is -2.59. The molecule has 0 aromatic heterocycles. The number of carbonyl (C=O) groups excluding carboxylic acids is 3. The topological polar surface area (TPSA) is 160 Å². The summed E-state index contributed by atoms with van der Waals surface area (Å²) in [6, 6.07) is 15.5. The predicted octanol–water partition coefficient (Wildman–Crippen LogP) is 2.62. The van der Waals surface area contributed by atoms with Crippen molar-refractivity contribution in [3.8, 4) is 0 Å². The van der Waals surface area contributed by atoms with Gasteiger partial charge in [0.2, 0.25) is 5.91 Å². The number of carbonyl (C=O) groups is 3. The Morgan fingerprint density at radius 1 is 0.841 bits per heavy atom. The maximum Gasteiger partial charge on any atom is 0.407 e. The molecule has 2 rings (SSSR count). The van der Waals surface area contributed by atoms with Gasteiger partial charge in [-0.1, -0.05) is 74.5 Å². The van der Waals surface area contributed by atoms with Crippen molar-refractivity contribution in [3.05, 3.63) is 71.8 Å². The number of amides is 4. The summed E-state index contributed by atoms with van der Waals surface area (Å²) in [6.45, 7) is 8.46. The van der Waals surface area contributed by atoms with Gasteiger partial charge in [-0.15, -0.1) is 0 Å². The quantitative estimate of drug-likeness (QED) is 0.180. The van der Waals surface area contributed by atoms with Gasteiger partial charge in [-0.2, -0.15) is 0 Å². The van der Waals surface area contributed by atoms with Crippen LogP contribution in [-0.4, -0.2) is 94.4 Å². The van der Waals surface area contributed by atoms with Crippen LogP contribution in [0.4, 0.5) is 9.59 Å². The molecule has 0 spiro atoms. The number of rotatable bonds is 15. The third-order valence-electron chi connectivity index (χ3n) is 6.81. The van der Waals surface area contributed by atoms with E-state index in [4.69, 9.17) is 9.84 Å². The predicted molar refractivity (Wildman–Crippen MR) is 169 cm³/mol. The van der Waals surface area contributed by atoms with Crippen molar-refractivity contribution in [2.45, 2.75) is 89.8 Å². The summed E-state index contributed by atoms with van der Waals surface area (Å²) in [7, 11) is 1.46. The second kappa shape index (κ2) is 17.6. The van der Waals surface area contributed by atoms with E-state index in [1.165, 1.54) is 11.9 Å². The molecule has 4 unspecified atom stereocenters. The van der Waals surface area contributed by atoms with E-state index in [2.05, 4.69) is 16.0 Å². The summed E-state index contributed by atoms with van der Waals surface area (Å²) < 4.78 is 5.48. The van der Waals surface area contributed by atoms with Gasteiger partial charge >= 0.3 is 12.1 Å². The lowest BCUT2D eigenvalue weighted by molar-refractivity contribution is -0.125. The highest BCUT2D eigenvalue weighted by molar-refractivity contribution is 5.87. The number of hydrogen-bond donors (Lipinski definition) is 6. The van der Waals surface area contributed by atoms with Crippen molar-refractivity contribution in [2.75, 3.05) is 20.2 Å². The third-order valence-corrected chi connectivity index (χ3v) is 6.81. The average Bonchev–Trinajstić information content (AvgIpc) is 2.95. The van der Waals surface area contributed by atoms with Crippen LogP contribution in [0.25, 0.3) is 0 Å². The van der Waals surface area contributed by atoms with E-state index in [-0.39, 0.29) is 25.3 Å². The normalized spacial score (nSPS) is 15.0. The van der Waals surface area contributed by atoms with Crippen molar-refractivity contribution >= 4 is 18.0 Å². The fourth-order valence-electron chi connectivity index (χ4n) is 4.69. The number of nitrogens with zero attached hydrogens (tertiary/aromatic N) is 1. The molecule has 2 aromatic carbocycles. The number of urea groups is 1. The highest BCUT2D eigenvalue weighted by atomic mass is 16.6.